The molecule has 2 aromatic heterocycles. The molecule has 0 radical (unpaired) electrons. The summed E-state index contributed by atoms with van der Waals surface area (Å²) in [6.45, 7) is 2.07. The number of hydrogen-bond acceptors (Lipinski definition) is 8. The van der Waals surface area contributed by atoms with Gasteiger partial charge in [0.05, 0.1) is 13.7 Å². The summed E-state index contributed by atoms with van der Waals surface area (Å²) in [5, 5.41) is 14.2. The van der Waals surface area contributed by atoms with Gasteiger partial charge in [-0.15, -0.1) is 10.2 Å². The predicted molar refractivity (Wildman–Crippen MR) is 59.7 cm³/mol. The fourth-order valence-corrected chi connectivity index (χ4v) is 1.22. The number of carbonyl (C=O) groups excluding carboxylic acids is 1. The molecule has 0 fully saturated rings. The van der Waals surface area contributed by atoms with Crippen LogP contribution in [0.1, 0.15) is 22.2 Å². The average Bonchev–Trinajstić information content (AvgIpc) is 2.82. The lowest BCUT2D eigenvalue weighted by atomic mass is 10.4. The van der Waals surface area contributed by atoms with Crippen molar-refractivity contribution in [3.05, 3.63) is 29.5 Å². The van der Waals surface area contributed by atoms with Crippen molar-refractivity contribution in [1.82, 2.24) is 20.3 Å². The molecule has 1 N–H and O–H groups in total. The number of carbonyl (C=O) groups is 1. The Morgan fingerprint density at radius 1 is 1.44 bits per heavy atom. The third kappa shape index (κ3) is 2.78. The van der Waals surface area contributed by atoms with Crippen molar-refractivity contribution in [1.29, 1.82) is 0 Å². The molecule has 94 valence electrons. The number of nitrogens with zero attached hydrogens (tertiary/aromatic N) is 4. The van der Waals surface area contributed by atoms with E-state index in [2.05, 4.69) is 30.4 Å². The number of aromatic nitrogens is 4. The number of esters is 1. The molecular weight excluding hydrogens is 238 g/mol. The van der Waals surface area contributed by atoms with Gasteiger partial charge in [0.2, 0.25) is 5.89 Å². The second kappa shape index (κ2) is 5.21. The molecular formula is C10H11N5O3. The van der Waals surface area contributed by atoms with Crippen LogP contribution in [0.4, 0.5) is 5.82 Å². The van der Waals surface area contributed by atoms with Crippen LogP contribution in [0.2, 0.25) is 0 Å². The number of ether oxygens (including phenoxy) is 1. The highest BCUT2D eigenvalue weighted by Gasteiger charge is 2.08. The second-order valence-corrected chi connectivity index (χ2v) is 3.38. The summed E-state index contributed by atoms with van der Waals surface area (Å²) in [6.07, 6.45) is 0. The van der Waals surface area contributed by atoms with Crippen molar-refractivity contribution in [2.24, 2.45) is 0 Å². The molecule has 0 aliphatic rings. The molecule has 0 saturated carbocycles. The van der Waals surface area contributed by atoms with Crippen molar-refractivity contribution >= 4 is 11.8 Å². The zero-order valence-electron chi connectivity index (χ0n) is 9.88. The van der Waals surface area contributed by atoms with E-state index in [9.17, 15) is 4.79 Å². The summed E-state index contributed by atoms with van der Waals surface area (Å²) in [4.78, 5) is 15.2. The van der Waals surface area contributed by atoms with E-state index >= 15 is 0 Å². The van der Waals surface area contributed by atoms with Gasteiger partial charge in [-0.3, -0.25) is 0 Å². The maximum absolute atomic E-state index is 11.1. The maximum atomic E-state index is 11.1. The van der Waals surface area contributed by atoms with Gasteiger partial charge in [-0.05, 0) is 12.1 Å². The molecule has 8 nitrogen and oxygen atoms in total. The van der Waals surface area contributed by atoms with E-state index in [4.69, 9.17) is 4.52 Å². The number of anilines is 1. The van der Waals surface area contributed by atoms with Gasteiger partial charge in [-0.2, -0.15) is 4.98 Å². The lowest BCUT2D eigenvalue weighted by molar-refractivity contribution is 0.0593. The summed E-state index contributed by atoms with van der Waals surface area (Å²) < 4.78 is 9.33. The Morgan fingerprint density at radius 2 is 2.28 bits per heavy atom. The quantitative estimate of drug-likeness (QED) is 0.784. The Morgan fingerprint density at radius 3 is 2.83 bits per heavy atom. The number of rotatable bonds is 4. The van der Waals surface area contributed by atoms with Gasteiger partial charge < -0.3 is 14.6 Å². The van der Waals surface area contributed by atoms with Crippen LogP contribution >= 0.6 is 0 Å². The number of hydrogen-bond donors (Lipinski definition) is 1. The van der Waals surface area contributed by atoms with Crippen LogP contribution in [0.25, 0.3) is 0 Å². The summed E-state index contributed by atoms with van der Waals surface area (Å²) in [5.74, 6) is 0.998. The molecule has 0 aliphatic carbocycles. The predicted octanol–water partition coefficient (Wildman–Crippen LogP) is 0.567. The molecule has 2 rings (SSSR count). The van der Waals surface area contributed by atoms with Crippen LogP contribution in [-0.2, 0) is 11.3 Å². The fraction of sp³-hybridized carbons (Fsp3) is 0.300. The first kappa shape index (κ1) is 12.0. The molecule has 0 spiro atoms. The van der Waals surface area contributed by atoms with Crippen molar-refractivity contribution in [2.45, 2.75) is 13.5 Å². The van der Waals surface area contributed by atoms with Gasteiger partial charge in [0.1, 0.15) is 5.82 Å². The molecule has 0 unspecified atom stereocenters. The van der Waals surface area contributed by atoms with E-state index in [0.717, 1.165) is 0 Å². The van der Waals surface area contributed by atoms with Gasteiger partial charge in [0.25, 0.3) is 0 Å². The van der Waals surface area contributed by atoms with Crippen LogP contribution in [0.3, 0.4) is 0 Å². The third-order valence-electron chi connectivity index (χ3n) is 2.06. The second-order valence-electron chi connectivity index (χ2n) is 3.38. The van der Waals surface area contributed by atoms with Crippen LogP contribution in [0.15, 0.2) is 16.7 Å². The number of nitrogens with one attached hydrogen (secondary N) is 1. The summed E-state index contributed by atoms with van der Waals surface area (Å²) in [7, 11) is 1.29. The highest BCUT2D eigenvalue weighted by molar-refractivity contribution is 5.86. The van der Waals surface area contributed by atoms with E-state index in [-0.39, 0.29) is 5.69 Å². The highest BCUT2D eigenvalue weighted by Crippen LogP contribution is 2.05. The maximum Gasteiger partial charge on any atom is 0.358 e. The molecule has 18 heavy (non-hydrogen) atoms. The monoisotopic (exact) mass is 249 g/mol. The standard InChI is InChI=1S/C10H11N5O3/c1-6-12-9(15-18-6)5-11-8-4-3-7(13-14-8)10(16)17-2/h3-4H,5H2,1-2H3,(H,11,14). The lowest BCUT2D eigenvalue weighted by Crippen LogP contribution is -2.08. The normalized spacial score (nSPS) is 10.1. The molecule has 0 aromatic carbocycles. The Bertz CT molecular complexity index is 537. The van der Waals surface area contributed by atoms with Gasteiger partial charge >= 0.3 is 5.97 Å². The molecule has 0 atom stereocenters. The molecule has 0 saturated heterocycles. The smallest absolute Gasteiger partial charge is 0.358 e. The summed E-state index contributed by atoms with van der Waals surface area (Å²) in [5.41, 5.74) is 0.151. The minimum Gasteiger partial charge on any atom is -0.464 e. The van der Waals surface area contributed by atoms with Crippen molar-refractivity contribution in [3.8, 4) is 0 Å². The van der Waals surface area contributed by atoms with E-state index in [1.807, 2.05) is 0 Å². The van der Waals surface area contributed by atoms with Crippen molar-refractivity contribution in [2.75, 3.05) is 12.4 Å². The Labute approximate surface area is 102 Å². The Hall–Kier alpha value is -2.51. The van der Waals surface area contributed by atoms with Crippen LogP contribution < -0.4 is 5.32 Å². The third-order valence-corrected chi connectivity index (χ3v) is 2.06. The zero-order valence-corrected chi connectivity index (χ0v) is 9.88. The van der Waals surface area contributed by atoms with Crippen LogP contribution in [0, 0.1) is 6.92 Å². The molecule has 2 aromatic rings. The van der Waals surface area contributed by atoms with E-state index in [0.29, 0.717) is 24.1 Å². The number of aryl methyl sites for hydroxylation is 1. The molecule has 2 heterocycles. The molecule has 8 heteroatoms. The highest BCUT2D eigenvalue weighted by atomic mass is 16.5. The molecule has 0 aliphatic heterocycles. The largest absolute Gasteiger partial charge is 0.464 e. The average molecular weight is 249 g/mol. The van der Waals surface area contributed by atoms with Gasteiger partial charge in [-0.1, -0.05) is 5.16 Å². The van der Waals surface area contributed by atoms with Crippen molar-refractivity contribution < 1.29 is 14.1 Å². The summed E-state index contributed by atoms with van der Waals surface area (Å²) in [6, 6.07) is 3.13. The topological polar surface area (TPSA) is 103 Å². The van der Waals surface area contributed by atoms with Crippen molar-refractivity contribution in [3.63, 3.8) is 0 Å². The zero-order chi connectivity index (χ0) is 13.0. The first-order valence-electron chi connectivity index (χ1n) is 5.14. The molecule has 0 amide bonds. The van der Waals surface area contributed by atoms with E-state index in [1.165, 1.54) is 13.2 Å². The SMILES string of the molecule is COC(=O)c1ccc(NCc2noc(C)n2)nn1. The van der Waals surface area contributed by atoms with Crippen LogP contribution in [-0.4, -0.2) is 33.4 Å². The first-order chi connectivity index (χ1) is 8.69. The molecule has 0 bridgehead atoms. The first-order valence-corrected chi connectivity index (χ1v) is 5.14. The minimum absolute atomic E-state index is 0.151. The Balaban J connectivity index is 1.96. The van der Waals surface area contributed by atoms with E-state index in [1.54, 1.807) is 13.0 Å². The Kier molecular flexibility index (Phi) is 3.46. The minimum atomic E-state index is -0.525. The number of methoxy groups -OCH3 is 1. The van der Waals surface area contributed by atoms with Gasteiger partial charge in [0.15, 0.2) is 11.5 Å². The van der Waals surface area contributed by atoms with Gasteiger partial charge in [0, 0.05) is 6.92 Å². The summed E-state index contributed by atoms with van der Waals surface area (Å²) >= 11 is 0. The van der Waals surface area contributed by atoms with Crippen LogP contribution in [0.5, 0.6) is 0 Å². The lowest BCUT2D eigenvalue weighted by Gasteiger charge is -2.02. The fourth-order valence-electron chi connectivity index (χ4n) is 1.22. The van der Waals surface area contributed by atoms with Gasteiger partial charge in [-0.25, -0.2) is 4.79 Å². The van der Waals surface area contributed by atoms with E-state index < -0.39 is 5.97 Å².